The van der Waals surface area contributed by atoms with Gasteiger partial charge in [0.25, 0.3) is 0 Å². The number of rotatable bonds is 5. The Bertz CT molecular complexity index is 577. The molecule has 0 radical (unpaired) electrons. The van der Waals surface area contributed by atoms with E-state index in [0.717, 1.165) is 6.42 Å². The molecular weight excluding hydrogens is 304 g/mol. The number of nitrogens with one attached hydrogen (secondary N) is 1. The van der Waals surface area contributed by atoms with Gasteiger partial charge in [0.2, 0.25) is 11.8 Å². The summed E-state index contributed by atoms with van der Waals surface area (Å²) in [5.41, 5.74) is 0.602. The van der Waals surface area contributed by atoms with E-state index in [1.165, 1.54) is 7.11 Å². The molecule has 1 fully saturated rings. The summed E-state index contributed by atoms with van der Waals surface area (Å²) in [6, 6.07) is 5.23. The number of hydrogen-bond donors (Lipinski definition) is 1. The van der Waals surface area contributed by atoms with Crippen LogP contribution in [0, 0.1) is 5.92 Å². The first-order valence-electron chi connectivity index (χ1n) is 7.40. The van der Waals surface area contributed by atoms with Gasteiger partial charge < -0.3 is 15.0 Å². The summed E-state index contributed by atoms with van der Waals surface area (Å²) in [4.78, 5) is 26.1. The monoisotopic (exact) mass is 324 g/mol. The van der Waals surface area contributed by atoms with Gasteiger partial charge in [0, 0.05) is 24.7 Å². The first kappa shape index (κ1) is 16.6. The highest BCUT2D eigenvalue weighted by molar-refractivity contribution is 6.32. The van der Waals surface area contributed by atoms with Gasteiger partial charge in [-0.2, -0.15) is 0 Å². The summed E-state index contributed by atoms with van der Waals surface area (Å²) < 4.78 is 5.08. The van der Waals surface area contributed by atoms with Crippen LogP contribution in [0.3, 0.4) is 0 Å². The number of ether oxygens (including phenoxy) is 1. The van der Waals surface area contributed by atoms with E-state index in [1.807, 2.05) is 13.8 Å². The summed E-state index contributed by atoms with van der Waals surface area (Å²) in [5.74, 6) is 0.128. The van der Waals surface area contributed by atoms with E-state index in [4.69, 9.17) is 16.3 Å². The maximum absolute atomic E-state index is 12.3. The highest BCUT2D eigenvalue weighted by Crippen LogP contribution is 2.28. The zero-order chi connectivity index (χ0) is 16.3. The Kier molecular flexibility index (Phi) is 5.29. The third-order valence-corrected chi connectivity index (χ3v) is 4.37. The van der Waals surface area contributed by atoms with E-state index >= 15 is 0 Å². The zero-order valence-electron chi connectivity index (χ0n) is 13.1. The second-order valence-corrected chi connectivity index (χ2v) is 5.95. The number of carbonyl (C=O) groups excluding carboxylic acids is 2. The molecule has 0 saturated carbocycles. The fourth-order valence-corrected chi connectivity index (χ4v) is 2.80. The fraction of sp³-hybridized carbons (Fsp3) is 0.500. The summed E-state index contributed by atoms with van der Waals surface area (Å²) in [7, 11) is 1.53. The van der Waals surface area contributed by atoms with Crippen molar-refractivity contribution in [2.75, 3.05) is 19.0 Å². The van der Waals surface area contributed by atoms with Gasteiger partial charge in [-0.25, -0.2) is 0 Å². The summed E-state index contributed by atoms with van der Waals surface area (Å²) >= 11 is 6.04. The second kappa shape index (κ2) is 7.01. The molecule has 2 atom stereocenters. The highest BCUT2D eigenvalue weighted by Gasteiger charge is 2.36. The number of hydrogen-bond acceptors (Lipinski definition) is 3. The van der Waals surface area contributed by atoms with Crippen molar-refractivity contribution >= 4 is 29.1 Å². The topological polar surface area (TPSA) is 58.6 Å². The summed E-state index contributed by atoms with van der Waals surface area (Å²) in [6.07, 6.45) is 1.15. The summed E-state index contributed by atoms with van der Waals surface area (Å²) in [6.45, 7) is 4.51. The molecule has 0 bridgehead atoms. The van der Waals surface area contributed by atoms with Crippen molar-refractivity contribution in [1.29, 1.82) is 0 Å². The van der Waals surface area contributed by atoms with Crippen molar-refractivity contribution < 1.29 is 14.3 Å². The molecule has 0 spiro atoms. The predicted octanol–water partition coefficient (Wildman–Crippen LogP) is 2.93. The van der Waals surface area contributed by atoms with Gasteiger partial charge in [-0.05, 0) is 31.5 Å². The number of nitrogens with zero attached hydrogens (tertiary/aromatic N) is 1. The molecule has 5 nitrogen and oxygen atoms in total. The van der Waals surface area contributed by atoms with Crippen molar-refractivity contribution in [2.24, 2.45) is 5.92 Å². The number of methoxy groups -OCH3 is 1. The van der Waals surface area contributed by atoms with Crippen LogP contribution in [0.25, 0.3) is 0 Å². The molecule has 22 heavy (non-hydrogen) atoms. The lowest BCUT2D eigenvalue weighted by Gasteiger charge is -2.23. The Morgan fingerprint density at radius 3 is 2.86 bits per heavy atom. The molecule has 0 aromatic heterocycles. The third kappa shape index (κ3) is 3.53. The first-order chi connectivity index (χ1) is 10.5. The quantitative estimate of drug-likeness (QED) is 0.906. The lowest BCUT2D eigenvalue weighted by atomic mass is 10.1. The molecule has 1 N–H and O–H groups in total. The van der Waals surface area contributed by atoms with E-state index in [2.05, 4.69) is 5.32 Å². The minimum atomic E-state index is -0.317. The lowest BCUT2D eigenvalue weighted by Crippen LogP contribution is -2.35. The normalized spacial score (nSPS) is 19.2. The first-order valence-corrected chi connectivity index (χ1v) is 7.78. The SMILES string of the molecule is CCC(C)N1CC(C(=O)Nc2ccc(OC)c(Cl)c2)CC1=O. The van der Waals surface area contributed by atoms with Crippen molar-refractivity contribution in [1.82, 2.24) is 4.90 Å². The maximum atomic E-state index is 12.3. The predicted molar refractivity (Wildman–Crippen MR) is 86.2 cm³/mol. The van der Waals surface area contributed by atoms with Gasteiger partial charge in [0.1, 0.15) is 5.75 Å². The van der Waals surface area contributed by atoms with Gasteiger partial charge in [0.05, 0.1) is 18.1 Å². The smallest absolute Gasteiger partial charge is 0.229 e. The number of benzene rings is 1. The third-order valence-electron chi connectivity index (χ3n) is 4.07. The van der Waals surface area contributed by atoms with Crippen molar-refractivity contribution in [3.05, 3.63) is 23.2 Å². The Morgan fingerprint density at radius 2 is 2.27 bits per heavy atom. The molecular formula is C16H21ClN2O3. The maximum Gasteiger partial charge on any atom is 0.229 e. The van der Waals surface area contributed by atoms with Crippen LogP contribution in [-0.2, 0) is 9.59 Å². The van der Waals surface area contributed by atoms with Crippen LogP contribution < -0.4 is 10.1 Å². The molecule has 2 rings (SSSR count). The van der Waals surface area contributed by atoms with Gasteiger partial charge in [0.15, 0.2) is 0 Å². The minimum absolute atomic E-state index is 0.0438. The number of anilines is 1. The molecule has 1 aliphatic rings. The molecule has 1 aromatic rings. The molecule has 1 aliphatic heterocycles. The molecule has 2 unspecified atom stereocenters. The second-order valence-electron chi connectivity index (χ2n) is 5.54. The molecule has 1 aromatic carbocycles. The Labute approximate surface area is 135 Å². The average Bonchev–Trinajstić information content (AvgIpc) is 2.89. The molecule has 6 heteroatoms. The number of likely N-dealkylation sites (tertiary alicyclic amines) is 1. The molecule has 2 amide bonds. The van der Waals surface area contributed by atoms with Gasteiger partial charge in [-0.1, -0.05) is 18.5 Å². The van der Waals surface area contributed by atoms with E-state index < -0.39 is 0 Å². The van der Waals surface area contributed by atoms with Gasteiger partial charge in [-0.15, -0.1) is 0 Å². The molecule has 120 valence electrons. The minimum Gasteiger partial charge on any atom is -0.495 e. The zero-order valence-corrected chi connectivity index (χ0v) is 13.8. The van der Waals surface area contributed by atoms with Crippen molar-refractivity contribution in [3.63, 3.8) is 0 Å². The largest absolute Gasteiger partial charge is 0.495 e. The fourth-order valence-electron chi connectivity index (χ4n) is 2.54. The molecule has 1 heterocycles. The molecule has 1 saturated heterocycles. The Hall–Kier alpha value is -1.75. The van der Waals surface area contributed by atoms with E-state index in [9.17, 15) is 9.59 Å². The standard InChI is InChI=1S/C16H21ClN2O3/c1-4-10(2)19-9-11(7-15(19)20)16(21)18-12-5-6-14(22-3)13(17)8-12/h5-6,8,10-11H,4,7,9H2,1-3H3,(H,18,21). The van der Waals surface area contributed by atoms with Crippen LogP contribution in [0.4, 0.5) is 5.69 Å². The van der Waals surface area contributed by atoms with Crippen LogP contribution >= 0.6 is 11.6 Å². The van der Waals surface area contributed by atoms with Crippen molar-refractivity contribution in [3.8, 4) is 5.75 Å². The van der Waals surface area contributed by atoms with Crippen LogP contribution in [0.2, 0.25) is 5.02 Å². The number of halogens is 1. The average molecular weight is 325 g/mol. The van der Waals surface area contributed by atoms with E-state index in [0.29, 0.717) is 23.0 Å². The lowest BCUT2D eigenvalue weighted by molar-refractivity contribution is -0.129. The number of carbonyl (C=O) groups is 2. The van der Waals surface area contributed by atoms with Crippen LogP contribution in [0.15, 0.2) is 18.2 Å². The van der Waals surface area contributed by atoms with Crippen LogP contribution in [-0.4, -0.2) is 36.4 Å². The van der Waals surface area contributed by atoms with Gasteiger partial charge in [-0.3, -0.25) is 9.59 Å². The van der Waals surface area contributed by atoms with E-state index in [-0.39, 0.29) is 30.2 Å². The Balaban J connectivity index is 2.01. The van der Waals surface area contributed by atoms with Crippen LogP contribution in [0.1, 0.15) is 26.7 Å². The highest BCUT2D eigenvalue weighted by atomic mass is 35.5. The Morgan fingerprint density at radius 1 is 1.55 bits per heavy atom. The van der Waals surface area contributed by atoms with Crippen molar-refractivity contribution in [2.45, 2.75) is 32.7 Å². The number of amides is 2. The van der Waals surface area contributed by atoms with Crippen LogP contribution in [0.5, 0.6) is 5.75 Å². The summed E-state index contributed by atoms with van der Waals surface area (Å²) in [5, 5.41) is 3.25. The van der Waals surface area contributed by atoms with E-state index in [1.54, 1.807) is 23.1 Å². The molecule has 0 aliphatic carbocycles. The van der Waals surface area contributed by atoms with Gasteiger partial charge >= 0.3 is 0 Å².